The van der Waals surface area contributed by atoms with Crippen molar-refractivity contribution in [2.24, 2.45) is 0 Å². The van der Waals surface area contributed by atoms with E-state index < -0.39 is 5.54 Å². The van der Waals surface area contributed by atoms with Crippen LogP contribution in [-0.2, 0) is 21.5 Å². The van der Waals surface area contributed by atoms with E-state index >= 15 is 0 Å². The maximum Gasteiger partial charge on any atom is 0.254 e. The molecule has 1 aromatic heterocycles. The first-order chi connectivity index (χ1) is 15.5. The van der Waals surface area contributed by atoms with E-state index in [-0.39, 0.29) is 30.9 Å². The second-order valence-corrected chi connectivity index (χ2v) is 8.99. The van der Waals surface area contributed by atoms with E-state index in [0.717, 1.165) is 34.1 Å². The Morgan fingerprint density at radius 3 is 2.59 bits per heavy atom. The van der Waals surface area contributed by atoms with Crippen LogP contribution in [-0.4, -0.2) is 57.9 Å². The first-order valence-electron chi connectivity index (χ1n) is 11.4. The minimum atomic E-state index is -1.08. The van der Waals surface area contributed by atoms with Crippen molar-refractivity contribution in [1.29, 1.82) is 0 Å². The molecule has 0 saturated carbocycles. The Labute approximate surface area is 187 Å². The number of fused-ring (bicyclic) bond motifs is 5. The van der Waals surface area contributed by atoms with Crippen LogP contribution in [0.25, 0.3) is 10.9 Å². The fourth-order valence-corrected chi connectivity index (χ4v) is 5.40. The van der Waals surface area contributed by atoms with E-state index in [1.807, 2.05) is 25.1 Å². The van der Waals surface area contributed by atoms with Crippen LogP contribution in [0.15, 0.2) is 48.5 Å². The van der Waals surface area contributed by atoms with Gasteiger partial charge in [0.1, 0.15) is 0 Å². The smallest absolute Gasteiger partial charge is 0.254 e. The van der Waals surface area contributed by atoms with Crippen molar-refractivity contribution in [3.8, 4) is 0 Å². The van der Waals surface area contributed by atoms with E-state index in [9.17, 15) is 14.7 Å². The number of H-pyrrole nitrogens is 1. The number of aliphatic hydroxyl groups excluding tert-OH is 1. The number of carbonyl (C=O) groups excluding carboxylic acids is 2. The summed E-state index contributed by atoms with van der Waals surface area (Å²) in [6.45, 7) is 4.90. The molecule has 3 aromatic rings. The van der Waals surface area contributed by atoms with Gasteiger partial charge in [-0.15, -0.1) is 0 Å². The minimum Gasteiger partial charge on any atom is -0.396 e. The molecule has 0 unspecified atom stereocenters. The lowest BCUT2D eigenvalue weighted by Gasteiger charge is -2.51. The number of rotatable bonds is 5. The molecule has 2 amide bonds. The van der Waals surface area contributed by atoms with Gasteiger partial charge in [-0.05, 0) is 42.5 Å². The zero-order valence-corrected chi connectivity index (χ0v) is 18.6. The highest BCUT2D eigenvalue weighted by atomic mass is 16.3. The van der Waals surface area contributed by atoms with Crippen molar-refractivity contribution in [2.75, 3.05) is 26.2 Å². The van der Waals surface area contributed by atoms with Crippen LogP contribution in [0, 0.1) is 0 Å². The van der Waals surface area contributed by atoms with Gasteiger partial charge < -0.3 is 19.9 Å². The van der Waals surface area contributed by atoms with Gasteiger partial charge in [-0.3, -0.25) is 9.59 Å². The van der Waals surface area contributed by atoms with Gasteiger partial charge in [0.05, 0.1) is 12.2 Å². The summed E-state index contributed by atoms with van der Waals surface area (Å²) in [5.41, 5.74) is 4.23. The highest BCUT2D eigenvalue weighted by Crippen LogP contribution is 2.48. The zero-order valence-electron chi connectivity index (χ0n) is 18.6. The van der Waals surface area contributed by atoms with Crippen molar-refractivity contribution in [3.63, 3.8) is 0 Å². The normalized spacial score (nSPS) is 22.9. The molecule has 0 bridgehead atoms. The van der Waals surface area contributed by atoms with Gasteiger partial charge in [0.15, 0.2) is 5.54 Å². The van der Waals surface area contributed by atoms with Crippen LogP contribution in [0.1, 0.15) is 48.6 Å². The van der Waals surface area contributed by atoms with Gasteiger partial charge in [-0.2, -0.15) is 0 Å². The first kappa shape index (κ1) is 20.8. The molecule has 6 heteroatoms. The van der Waals surface area contributed by atoms with Gasteiger partial charge in [-0.1, -0.05) is 49.4 Å². The molecule has 2 N–H and O–H groups in total. The van der Waals surface area contributed by atoms with Crippen LogP contribution in [0.4, 0.5) is 0 Å². The topological polar surface area (TPSA) is 76.6 Å². The van der Waals surface area contributed by atoms with Crippen LogP contribution < -0.4 is 0 Å². The lowest BCUT2D eigenvalue weighted by Crippen LogP contribution is -2.67. The number of hydrogen-bond donors (Lipinski definition) is 2. The van der Waals surface area contributed by atoms with Gasteiger partial charge in [0.2, 0.25) is 5.91 Å². The average molecular weight is 432 g/mol. The van der Waals surface area contributed by atoms with Crippen LogP contribution >= 0.6 is 0 Å². The highest BCUT2D eigenvalue weighted by molar-refractivity contribution is 6.01. The molecule has 3 heterocycles. The number of aromatic amines is 1. The highest BCUT2D eigenvalue weighted by Gasteiger charge is 2.56. The number of para-hydroxylation sites is 1. The number of aromatic nitrogens is 1. The number of aryl methyl sites for hydroxylation is 1. The number of benzene rings is 2. The van der Waals surface area contributed by atoms with Crippen LogP contribution in [0.3, 0.4) is 0 Å². The Kier molecular flexibility index (Phi) is 5.05. The minimum absolute atomic E-state index is 0.00807. The molecule has 2 aliphatic heterocycles. The second-order valence-electron chi connectivity index (χ2n) is 8.99. The SMILES string of the molecule is CCc1ccc([C@H]2CN3C(=O)CN(CCCO)C(=O)[C@]3(C)c3[nH]c4ccccc4c32)cc1. The summed E-state index contributed by atoms with van der Waals surface area (Å²) in [7, 11) is 0. The standard InChI is InChI=1S/C26H29N3O3/c1-3-17-9-11-18(12-10-17)20-15-29-22(31)16-28(13-6-14-30)25(32)26(29,2)24-23(20)19-7-4-5-8-21(19)27-24/h4-5,7-12,20,27,30H,3,6,13-16H2,1-2H3/t20-,26+/m1/s1. The quantitative estimate of drug-likeness (QED) is 0.652. The molecule has 32 heavy (non-hydrogen) atoms. The Morgan fingerprint density at radius 1 is 1.12 bits per heavy atom. The lowest BCUT2D eigenvalue weighted by molar-refractivity contribution is -0.166. The van der Waals surface area contributed by atoms with E-state index in [0.29, 0.717) is 19.5 Å². The van der Waals surface area contributed by atoms with Gasteiger partial charge in [-0.25, -0.2) is 0 Å². The van der Waals surface area contributed by atoms with Crippen LogP contribution in [0.5, 0.6) is 0 Å². The summed E-state index contributed by atoms with van der Waals surface area (Å²) >= 11 is 0. The summed E-state index contributed by atoms with van der Waals surface area (Å²) in [5, 5.41) is 10.4. The Bertz CT molecular complexity index is 1180. The van der Waals surface area contributed by atoms with Gasteiger partial charge in [0.25, 0.3) is 5.91 Å². The predicted molar refractivity (Wildman–Crippen MR) is 123 cm³/mol. The molecule has 0 radical (unpaired) electrons. The third-order valence-corrected chi connectivity index (χ3v) is 7.19. The molecular weight excluding hydrogens is 402 g/mol. The molecule has 0 spiro atoms. The van der Waals surface area contributed by atoms with Gasteiger partial charge >= 0.3 is 0 Å². The number of amides is 2. The zero-order chi connectivity index (χ0) is 22.5. The number of nitrogens with zero attached hydrogens (tertiary/aromatic N) is 2. The van der Waals surface area contributed by atoms with E-state index in [2.05, 4.69) is 42.2 Å². The molecular formula is C26H29N3O3. The lowest BCUT2D eigenvalue weighted by atomic mass is 9.76. The average Bonchev–Trinajstić information content (AvgIpc) is 3.21. The number of hydrogen-bond acceptors (Lipinski definition) is 3. The van der Waals surface area contributed by atoms with E-state index in [1.165, 1.54) is 5.56 Å². The molecule has 0 aliphatic carbocycles. The fourth-order valence-electron chi connectivity index (χ4n) is 5.40. The van der Waals surface area contributed by atoms with Gasteiger partial charge in [0, 0.05) is 36.5 Å². The van der Waals surface area contributed by atoms with Crippen molar-refractivity contribution in [1.82, 2.24) is 14.8 Å². The van der Waals surface area contributed by atoms with Crippen molar-refractivity contribution >= 4 is 22.7 Å². The van der Waals surface area contributed by atoms with Crippen molar-refractivity contribution < 1.29 is 14.7 Å². The monoisotopic (exact) mass is 431 g/mol. The summed E-state index contributed by atoms with van der Waals surface area (Å²) in [6.07, 6.45) is 1.44. The maximum atomic E-state index is 13.7. The van der Waals surface area contributed by atoms with E-state index in [1.54, 1.807) is 9.80 Å². The maximum absolute atomic E-state index is 13.7. The molecule has 2 aliphatic rings. The molecule has 166 valence electrons. The van der Waals surface area contributed by atoms with Crippen molar-refractivity contribution in [2.45, 2.75) is 38.1 Å². The molecule has 1 saturated heterocycles. The molecule has 2 atom stereocenters. The number of piperazine rings is 1. The summed E-state index contributed by atoms with van der Waals surface area (Å²) in [4.78, 5) is 33.9. The molecule has 5 rings (SSSR count). The number of aliphatic hydroxyl groups is 1. The molecule has 1 fully saturated rings. The fraction of sp³-hybridized carbons (Fsp3) is 0.385. The Morgan fingerprint density at radius 2 is 1.88 bits per heavy atom. The summed E-state index contributed by atoms with van der Waals surface area (Å²) in [5.74, 6) is -0.150. The van der Waals surface area contributed by atoms with E-state index in [4.69, 9.17) is 0 Å². The number of carbonyl (C=O) groups is 2. The molecule has 2 aromatic carbocycles. The third kappa shape index (κ3) is 2.97. The predicted octanol–water partition coefficient (Wildman–Crippen LogP) is 3.14. The van der Waals surface area contributed by atoms with Crippen molar-refractivity contribution in [3.05, 3.63) is 70.9 Å². The number of nitrogens with one attached hydrogen (secondary N) is 1. The summed E-state index contributed by atoms with van der Waals surface area (Å²) < 4.78 is 0. The third-order valence-electron chi connectivity index (χ3n) is 7.19. The Hall–Kier alpha value is -3.12. The summed E-state index contributed by atoms with van der Waals surface area (Å²) in [6, 6.07) is 16.7. The molecule has 6 nitrogen and oxygen atoms in total. The Balaban J connectivity index is 1.70. The van der Waals surface area contributed by atoms with Crippen LogP contribution in [0.2, 0.25) is 0 Å². The largest absolute Gasteiger partial charge is 0.396 e. The second kappa shape index (κ2) is 7.78. The first-order valence-corrected chi connectivity index (χ1v) is 11.4.